The molecule has 0 rings (SSSR count). The van der Waals surface area contributed by atoms with E-state index in [0.29, 0.717) is 6.54 Å². The van der Waals surface area contributed by atoms with Crippen LogP contribution in [0.2, 0.25) is 0 Å². The molecule has 0 aliphatic carbocycles. The Kier molecular flexibility index (Phi) is 4.04. The molecule has 0 N–H and O–H groups in total. The Hall–Kier alpha value is -0.0800. The minimum absolute atomic E-state index is 0.0271. The van der Waals surface area contributed by atoms with E-state index in [0.717, 1.165) is 6.54 Å². The third-order valence-electron chi connectivity index (χ3n) is 1.65. The Bertz CT molecular complexity index is 140. The van der Waals surface area contributed by atoms with Gasteiger partial charge in [-0.2, -0.15) is 0 Å². The van der Waals surface area contributed by atoms with Crippen LogP contribution in [0.15, 0.2) is 0 Å². The zero-order valence-electron chi connectivity index (χ0n) is 7.65. The number of hydrogen-bond acceptors (Lipinski definition) is 2. The molecule has 0 unspecified atom stereocenters. The first-order valence-corrected chi connectivity index (χ1v) is 4.19. The Balaban J connectivity index is 4.07. The molecule has 0 aliphatic rings. The van der Waals surface area contributed by atoms with Crippen LogP contribution in [0, 0.1) is 0 Å². The van der Waals surface area contributed by atoms with Gasteiger partial charge in [0.15, 0.2) is 0 Å². The molecule has 0 radical (unpaired) electrons. The van der Waals surface area contributed by atoms with E-state index in [2.05, 4.69) is 20.8 Å². The van der Waals surface area contributed by atoms with Gasteiger partial charge in [-0.15, -0.1) is 0 Å². The van der Waals surface area contributed by atoms with E-state index in [9.17, 15) is 4.79 Å². The van der Waals surface area contributed by atoms with Crippen LogP contribution in [0.5, 0.6) is 0 Å². The number of likely N-dealkylation sites (N-methyl/N-ethyl adjacent to an activating group) is 1. The number of carbonyl (C=O) groups excluding carboxylic acids is 1. The normalized spacial score (nSPS) is 12.2. The lowest BCUT2D eigenvalue weighted by atomic mass is 10.1. The lowest BCUT2D eigenvalue weighted by Gasteiger charge is -2.33. The van der Waals surface area contributed by atoms with Crippen molar-refractivity contribution in [1.82, 2.24) is 4.90 Å². The van der Waals surface area contributed by atoms with E-state index >= 15 is 0 Å². The predicted octanol–water partition coefficient (Wildman–Crippen LogP) is 1.87. The van der Waals surface area contributed by atoms with Gasteiger partial charge in [0.25, 0.3) is 0 Å². The van der Waals surface area contributed by atoms with Crippen LogP contribution in [-0.4, -0.2) is 28.8 Å². The summed E-state index contributed by atoms with van der Waals surface area (Å²) in [6, 6.07) is 0. The fraction of sp³-hybridized carbons (Fsp3) is 0.875. The number of carbonyl (C=O) groups is 1. The molecular weight excluding hydrogens is 162 g/mol. The fourth-order valence-corrected chi connectivity index (χ4v) is 1.12. The van der Waals surface area contributed by atoms with Crippen molar-refractivity contribution in [1.29, 1.82) is 0 Å². The Morgan fingerprint density at radius 3 is 2.00 bits per heavy atom. The molecule has 0 saturated carbocycles. The summed E-state index contributed by atoms with van der Waals surface area (Å²) < 4.78 is 0. The monoisotopic (exact) mass is 177 g/mol. The van der Waals surface area contributed by atoms with Gasteiger partial charge in [-0.3, -0.25) is 9.69 Å². The average Bonchev–Trinajstić information content (AvgIpc) is 1.79. The van der Waals surface area contributed by atoms with Crippen molar-refractivity contribution in [2.45, 2.75) is 33.2 Å². The van der Waals surface area contributed by atoms with E-state index < -0.39 is 0 Å². The first-order chi connectivity index (χ1) is 4.88. The fourth-order valence-electron chi connectivity index (χ4n) is 0.973. The molecule has 0 aliphatic heterocycles. The van der Waals surface area contributed by atoms with E-state index in [1.54, 1.807) is 0 Å². The number of halogens is 1. The van der Waals surface area contributed by atoms with Gasteiger partial charge in [-0.1, -0.05) is 6.92 Å². The lowest BCUT2D eigenvalue weighted by Crippen LogP contribution is -2.43. The summed E-state index contributed by atoms with van der Waals surface area (Å²) in [6.45, 7) is 9.40. The molecule has 0 aromatic carbocycles. The largest absolute Gasteiger partial charge is 0.290 e. The third-order valence-corrected chi connectivity index (χ3v) is 1.77. The van der Waals surface area contributed by atoms with Crippen molar-refractivity contribution in [3.05, 3.63) is 0 Å². The highest BCUT2D eigenvalue weighted by atomic mass is 35.5. The van der Waals surface area contributed by atoms with Crippen LogP contribution in [-0.2, 0) is 4.79 Å². The second-order valence-corrected chi connectivity index (χ2v) is 3.96. The number of rotatable bonds is 3. The first-order valence-electron chi connectivity index (χ1n) is 3.81. The summed E-state index contributed by atoms with van der Waals surface area (Å²) in [5.41, 5.74) is 0.0271. The third kappa shape index (κ3) is 4.38. The van der Waals surface area contributed by atoms with Gasteiger partial charge in [0.05, 0.1) is 6.54 Å². The maximum atomic E-state index is 10.6. The maximum absolute atomic E-state index is 10.6. The Morgan fingerprint density at radius 2 is 1.91 bits per heavy atom. The lowest BCUT2D eigenvalue weighted by molar-refractivity contribution is -0.113. The van der Waals surface area contributed by atoms with Crippen molar-refractivity contribution >= 4 is 16.8 Å². The van der Waals surface area contributed by atoms with E-state index in [4.69, 9.17) is 11.6 Å². The molecule has 0 aromatic rings. The second-order valence-electron chi connectivity index (χ2n) is 3.54. The molecule has 0 saturated heterocycles. The van der Waals surface area contributed by atoms with E-state index in [1.807, 2.05) is 11.8 Å². The standard InChI is InChI=1S/C8H16ClNO/c1-5-10(6-7(9)11)8(2,3)4/h5-6H2,1-4H3. The van der Waals surface area contributed by atoms with Crippen molar-refractivity contribution < 1.29 is 4.79 Å². The molecule has 0 bridgehead atoms. The predicted molar refractivity (Wildman–Crippen MR) is 47.9 cm³/mol. The topological polar surface area (TPSA) is 20.3 Å². The quantitative estimate of drug-likeness (QED) is 0.614. The Labute approximate surface area is 73.5 Å². The molecule has 0 aromatic heterocycles. The van der Waals surface area contributed by atoms with Crippen LogP contribution in [0.1, 0.15) is 27.7 Å². The highest BCUT2D eigenvalue weighted by Gasteiger charge is 2.20. The van der Waals surface area contributed by atoms with Gasteiger partial charge < -0.3 is 0 Å². The summed E-state index contributed by atoms with van der Waals surface area (Å²) in [6.07, 6.45) is 0. The summed E-state index contributed by atoms with van der Waals surface area (Å²) in [7, 11) is 0. The van der Waals surface area contributed by atoms with Crippen molar-refractivity contribution in [3.63, 3.8) is 0 Å². The molecule has 3 heteroatoms. The van der Waals surface area contributed by atoms with E-state index in [-0.39, 0.29) is 10.8 Å². The van der Waals surface area contributed by atoms with Crippen molar-refractivity contribution in [3.8, 4) is 0 Å². The summed E-state index contributed by atoms with van der Waals surface area (Å²) >= 11 is 5.28. The smallest absolute Gasteiger partial charge is 0.235 e. The molecule has 0 fully saturated rings. The van der Waals surface area contributed by atoms with Gasteiger partial charge in [-0.25, -0.2) is 0 Å². The zero-order chi connectivity index (χ0) is 9.07. The van der Waals surface area contributed by atoms with Gasteiger partial charge in [0, 0.05) is 5.54 Å². The molecule has 0 spiro atoms. The van der Waals surface area contributed by atoms with Gasteiger partial charge >= 0.3 is 0 Å². The van der Waals surface area contributed by atoms with Gasteiger partial charge in [0.2, 0.25) is 5.24 Å². The van der Waals surface area contributed by atoms with Gasteiger partial charge in [0.1, 0.15) is 0 Å². The molecule has 0 atom stereocenters. The summed E-state index contributed by atoms with van der Waals surface area (Å²) in [5, 5.41) is -0.290. The van der Waals surface area contributed by atoms with Crippen molar-refractivity contribution in [2.75, 3.05) is 13.1 Å². The molecule has 11 heavy (non-hydrogen) atoms. The molecule has 0 heterocycles. The Morgan fingerprint density at radius 1 is 1.45 bits per heavy atom. The molecular formula is C8H16ClNO. The second kappa shape index (κ2) is 4.07. The van der Waals surface area contributed by atoms with E-state index in [1.165, 1.54) is 0 Å². The zero-order valence-corrected chi connectivity index (χ0v) is 8.40. The van der Waals surface area contributed by atoms with Crippen LogP contribution in [0.25, 0.3) is 0 Å². The van der Waals surface area contributed by atoms with Gasteiger partial charge in [-0.05, 0) is 38.9 Å². The van der Waals surface area contributed by atoms with Crippen LogP contribution in [0.3, 0.4) is 0 Å². The molecule has 66 valence electrons. The van der Waals surface area contributed by atoms with Crippen molar-refractivity contribution in [2.24, 2.45) is 0 Å². The SMILES string of the molecule is CCN(CC(=O)Cl)C(C)(C)C. The maximum Gasteiger partial charge on any atom is 0.235 e. The number of hydrogen-bond donors (Lipinski definition) is 0. The van der Waals surface area contributed by atoms with Crippen LogP contribution in [0.4, 0.5) is 0 Å². The summed E-state index contributed by atoms with van der Waals surface area (Å²) in [4.78, 5) is 12.6. The molecule has 0 amide bonds. The summed E-state index contributed by atoms with van der Waals surface area (Å²) in [5.74, 6) is 0. The number of nitrogens with zero attached hydrogens (tertiary/aromatic N) is 1. The first kappa shape index (κ1) is 10.9. The van der Waals surface area contributed by atoms with Crippen LogP contribution >= 0.6 is 11.6 Å². The average molecular weight is 178 g/mol. The highest BCUT2D eigenvalue weighted by molar-refractivity contribution is 6.64. The minimum atomic E-state index is -0.290. The highest BCUT2D eigenvalue weighted by Crippen LogP contribution is 2.12. The molecule has 2 nitrogen and oxygen atoms in total. The minimum Gasteiger partial charge on any atom is -0.290 e. The van der Waals surface area contributed by atoms with Crippen LogP contribution < -0.4 is 0 Å².